The molecule has 0 saturated carbocycles. The van der Waals surface area contributed by atoms with Gasteiger partial charge in [-0.15, -0.1) is 0 Å². The summed E-state index contributed by atoms with van der Waals surface area (Å²) in [6, 6.07) is 19.3. The molecule has 3 rings (SSSR count). The molecule has 0 fully saturated rings. The Labute approximate surface area is 189 Å². The molecule has 1 aromatic heterocycles. The Morgan fingerprint density at radius 2 is 1.66 bits per heavy atom. The molecule has 166 valence electrons. The van der Waals surface area contributed by atoms with Gasteiger partial charge in [0, 0.05) is 18.3 Å². The van der Waals surface area contributed by atoms with Crippen LogP contribution < -0.4 is 0 Å². The average Bonchev–Trinajstić information content (AvgIpc) is 3.26. The number of rotatable bonds is 10. The van der Waals surface area contributed by atoms with E-state index in [4.69, 9.17) is 9.84 Å². The number of aryl methyl sites for hydroxylation is 1. The number of aromatic nitrogens is 1. The summed E-state index contributed by atoms with van der Waals surface area (Å²) >= 11 is 0. The molecule has 0 radical (unpaired) electrons. The fraction of sp³-hybridized carbons (Fsp3) is 0.259. The second-order valence-electron chi connectivity index (χ2n) is 8.17. The fourth-order valence-electron chi connectivity index (χ4n) is 3.17. The van der Waals surface area contributed by atoms with Crippen molar-refractivity contribution >= 4 is 17.8 Å². The van der Waals surface area contributed by atoms with Crippen molar-refractivity contribution in [1.29, 1.82) is 0 Å². The highest BCUT2D eigenvalue weighted by atomic mass is 16.5. The number of carboxylic acids is 1. The first-order chi connectivity index (χ1) is 15.3. The maximum absolute atomic E-state index is 12.9. The quantitative estimate of drug-likeness (QED) is 0.438. The molecule has 5 heteroatoms. The first-order valence-electron chi connectivity index (χ1n) is 10.7. The van der Waals surface area contributed by atoms with Gasteiger partial charge >= 0.3 is 5.97 Å². The zero-order valence-electron chi connectivity index (χ0n) is 18.7. The summed E-state index contributed by atoms with van der Waals surface area (Å²) in [4.78, 5) is 24.0. The van der Waals surface area contributed by atoms with Gasteiger partial charge in [-0.1, -0.05) is 67.6 Å². The van der Waals surface area contributed by atoms with E-state index in [0.717, 1.165) is 17.5 Å². The number of hydrogen-bond acceptors (Lipinski definition) is 3. The Morgan fingerprint density at radius 3 is 2.28 bits per heavy atom. The van der Waals surface area contributed by atoms with Crippen molar-refractivity contribution < 1.29 is 19.4 Å². The van der Waals surface area contributed by atoms with E-state index in [0.29, 0.717) is 17.8 Å². The number of ether oxygens (including phenoxy) is 1. The first kappa shape index (κ1) is 23.2. The van der Waals surface area contributed by atoms with Gasteiger partial charge in [-0.3, -0.25) is 4.79 Å². The minimum atomic E-state index is -1.22. The van der Waals surface area contributed by atoms with Gasteiger partial charge in [0.2, 0.25) is 5.78 Å². The summed E-state index contributed by atoms with van der Waals surface area (Å²) < 4.78 is 7.41. The second-order valence-corrected chi connectivity index (χ2v) is 8.17. The summed E-state index contributed by atoms with van der Waals surface area (Å²) in [5, 5.41) is 9.12. The molecule has 0 aliphatic rings. The van der Waals surface area contributed by atoms with Crippen LogP contribution >= 0.6 is 0 Å². The maximum atomic E-state index is 12.9. The van der Waals surface area contributed by atoms with Crippen LogP contribution in [0.4, 0.5) is 0 Å². The van der Waals surface area contributed by atoms with Crippen LogP contribution in [0.5, 0.6) is 0 Å². The summed E-state index contributed by atoms with van der Waals surface area (Å²) in [7, 11) is 0. The molecule has 3 aromatic rings. The van der Waals surface area contributed by atoms with Gasteiger partial charge in [0.15, 0.2) is 5.60 Å². The SMILES string of the molecule is CCc1ccc(C(=O)c2cccn2CC=Cc2ccc(COC(C)(C)C(=O)O)cc2)cc1. The smallest absolute Gasteiger partial charge is 0.335 e. The molecular weight excluding hydrogens is 402 g/mol. The van der Waals surface area contributed by atoms with E-state index in [-0.39, 0.29) is 12.4 Å². The van der Waals surface area contributed by atoms with Gasteiger partial charge in [0.25, 0.3) is 0 Å². The zero-order chi connectivity index (χ0) is 23.1. The van der Waals surface area contributed by atoms with Crippen molar-refractivity contribution in [3.05, 3.63) is 101 Å². The Bertz CT molecular complexity index is 1090. The summed E-state index contributed by atoms with van der Waals surface area (Å²) in [6.45, 7) is 5.98. The Morgan fingerprint density at radius 1 is 1.00 bits per heavy atom. The van der Waals surface area contributed by atoms with Crippen molar-refractivity contribution in [2.45, 2.75) is 45.9 Å². The number of benzene rings is 2. The van der Waals surface area contributed by atoms with Crippen LogP contribution in [0.25, 0.3) is 6.08 Å². The Hall–Kier alpha value is -3.44. The van der Waals surface area contributed by atoms with Crippen LogP contribution in [0.2, 0.25) is 0 Å². The van der Waals surface area contributed by atoms with E-state index in [1.807, 2.05) is 83.6 Å². The molecule has 32 heavy (non-hydrogen) atoms. The van der Waals surface area contributed by atoms with E-state index in [2.05, 4.69) is 6.92 Å². The maximum Gasteiger partial charge on any atom is 0.335 e. The lowest BCUT2D eigenvalue weighted by Gasteiger charge is -2.20. The molecule has 1 N–H and O–H groups in total. The number of allylic oxidation sites excluding steroid dienone is 1. The molecule has 0 atom stereocenters. The van der Waals surface area contributed by atoms with Gasteiger partial charge < -0.3 is 14.4 Å². The van der Waals surface area contributed by atoms with Crippen molar-refractivity contribution in [1.82, 2.24) is 4.57 Å². The number of ketones is 1. The molecule has 0 saturated heterocycles. The molecule has 0 amide bonds. The standard InChI is InChI=1S/C27H29NO4/c1-4-20-13-15-23(16-14-20)25(29)24-8-6-18-28(24)17-5-7-21-9-11-22(12-10-21)19-32-27(2,3)26(30)31/h5-16,18H,4,17,19H2,1-3H3,(H,30,31). The van der Waals surface area contributed by atoms with E-state index in [1.165, 1.54) is 19.4 Å². The zero-order valence-corrected chi connectivity index (χ0v) is 18.7. The van der Waals surface area contributed by atoms with Crippen molar-refractivity contribution in [2.24, 2.45) is 0 Å². The molecule has 2 aromatic carbocycles. The van der Waals surface area contributed by atoms with E-state index in [9.17, 15) is 9.59 Å². The molecule has 0 bridgehead atoms. The second kappa shape index (κ2) is 10.2. The topological polar surface area (TPSA) is 68.5 Å². The number of carbonyl (C=O) groups is 2. The highest BCUT2D eigenvalue weighted by Gasteiger charge is 2.27. The third-order valence-corrected chi connectivity index (χ3v) is 5.39. The minimum absolute atomic E-state index is 0.0136. The predicted molar refractivity (Wildman–Crippen MR) is 126 cm³/mol. The summed E-state index contributed by atoms with van der Waals surface area (Å²) in [6.07, 6.45) is 6.86. The lowest BCUT2D eigenvalue weighted by Crippen LogP contribution is -2.34. The number of hydrogen-bond donors (Lipinski definition) is 1. The summed E-state index contributed by atoms with van der Waals surface area (Å²) in [5.41, 5.74) is 3.26. The highest BCUT2D eigenvalue weighted by molar-refractivity contribution is 6.08. The number of carbonyl (C=O) groups excluding carboxylic acids is 1. The van der Waals surface area contributed by atoms with Gasteiger partial charge in [-0.2, -0.15) is 0 Å². The molecule has 0 unspecified atom stereocenters. The largest absolute Gasteiger partial charge is 0.479 e. The number of nitrogens with zero attached hydrogens (tertiary/aromatic N) is 1. The van der Waals surface area contributed by atoms with E-state index >= 15 is 0 Å². The van der Waals surface area contributed by atoms with Crippen LogP contribution in [0, 0.1) is 0 Å². The third kappa shape index (κ3) is 5.83. The predicted octanol–water partition coefficient (Wildman–Crippen LogP) is 5.37. The van der Waals surface area contributed by atoms with Crippen molar-refractivity contribution in [3.63, 3.8) is 0 Å². The molecule has 0 aliphatic heterocycles. The summed E-state index contributed by atoms with van der Waals surface area (Å²) in [5.74, 6) is -0.974. The normalized spacial score (nSPS) is 11.7. The monoisotopic (exact) mass is 431 g/mol. The third-order valence-electron chi connectivity index (χ3n) is 5.39. The van der Waals surface area contributed by atoms with Crippen molar-refractivity contribution in [2.75, 3.05) is 0 Å². The fourth-order valence-corrected chi connectivity index (χ4v) is 3.17. The lowest BCUT2D eigenvalue weighted by molar-refractivity contribution is -0.162. The first-order valence-corrected chi connectivity index (χ1v) is 10.7. The van der Waals surface area contributed by atoms with Crippen LogP contribution in [-0.2, 0) is 29.1 Å². The van der Waals surface area contributed by atoms with Crippen LogP contribution in [0.1, 0.15) is 53.5 Å². The average molecular weight is 432 g/mol. The van der Waals surface area contributed by atoms with Crippen LogP contribution in [0.15, 0.2) is 72.9 Å². The van der Waals surface area contributed by atoms with Crippen LogP contribution in [-0.4, -0.2) is 27.0 Å². The van der Waals surface area contributed by atoms with E-state index < -0.39 is 11.6 Å². The molecule has 5 nitrogen and oxygen atoms in total. The van der Waals surface area contributed by atoms with E-state index in [1.54, 1.807) is 0 Å². The van der Waals surface area contributed by atoms with Gasteiger partial charge in [-0.05, 0) is 49.1 Å². The highest BCUT2D eigenvalue weighted by Crippen LogP contribution is 2.16. The van der Waals surface area contributed by atoms with Gasteiger partial charge in [-0.25, -0.2) is 4.79 Å². The molecule has 0 spiro atoms. The van der Waals surface area contributed by atoms with Crippen molar-refractivity contribution in [3.8, 4) is 0 Å². The number of aliphatic carboxylic acids is 1. The Kier molecular flexibility index (Phi) is 7.44. The van der Waals surface area contributed by atoms with Crippen LogP contribution in [0.3, 0.4) is 0 Å². The van der Waals surface area contributed by atoms with Gasteiger partial charge in [0.05, 0.1) is 12.3 Å². The molecular formula is C27H29NO4. The lowest BCUT2D eigenvalue weighted by atomic mass is 10.0. The number of carboxylic acid groups (broad SMARTS) is 1. The molecule has 0 aliphatic carbocycles. The van der Waals surface area contributed by atoms with Gasteiger partial charge in [0.1, 0.15) is 0 Å². The molecule has 1 heterocycles. The Balaban J connectivity index is 1.60. The minimum Gasteiger partial charge on any atom is -0.479 e.